The maximum atomic E-state index is 11.6. The van der Waals surface area contributed by atoms with Crippen LogP contribution in [0.25, 0.3) is 0 Å². The van der Waals surface area contributed by atoms with Crippen LogP contribution >= 0.6 is 0 Å². The van der Waals surface area contributed by atoms with Crippen molar-refractivity contribution in [2.45, 2.75) is 18.1 Å². The monoisotopic (exact) mass is 313 g/mol. The molecule has 1 aliphatic rings. The number of aromatic carboxylic acids is 1. The second-order valence-electron chi connectivity index (χ2n) is 4.99. The molecule has 1 unspecified atom stereocenters. The van der Waals surface area contributed by atoms with Crippen molar-refractivity contribution in [1.82, 2.24) is 5.32 Å². The second kappa shape index (κ2) is 6.91. The summed E-state index contributed by atoms with van der Waals surface area (Å²) in [6.07, 6.45) is 1.44. The molecule has 1 aromatic carbocycles. The van der Waals surface area contributed by atoms with E-state index in [0.29, 0.717) is 25.3 Å². The van der Waals surface area contributed by atoms with E-state index in [1.165, 1.54) is 6.07 Å². The van der Waals surface area contributed by atoms with Gasteiger partial charge >= 0.3 is 5.97 Å². The first-order valence-electron chi connectivity index (χ1n) is 6.88. The third-order valence-electron chi connectivity index (χ3n) is 3.49. The van der Waals surface area contributed by atoms with E-state index in [4.69, 9.17) is 9.84 Å². The van der Waals surface area contributed by atoms with Gasteiger partial charge in [-0.25, -0.2) is 13.2 Å². The lowest BCUT2D eigenvalue weighted by Gasteiger charge is -2.12. The van der Waals surface area contributed by atoms with Crippen molar-refractivity contribution in [3.8, 4) is 5.75 Å². The van der Waals surface area contributed by atoms with Gasteiger partial charge in [-0.2, -0.15) is 0 Å². The lowest BCUT2D eigenvalue weighted by atomic mass is 10.2. The third kappa shape index (κ3) is 4.18. The van der Waals surface area contributed by atoms with Crippen LogP contribution in [0.2, 0.25) is 0 Å². The lowest BCUT2D eigenvalue weighted by molar-refractivity contribution is 0.0692. The van der Waals surface area contributed by atoms with E-state index in [-0.39, 0.29) is 23.2 Å². The van der Waals surface area contributed by atoms with Crippen molar-refractivity contribution in [3.63, 3.8) is 0 Å². The fourth-order valence-electron chi connectivity index (χ4n) is 2.35. The van der Waals surface area contributed by atoms with Gasteiger partial charge in [0.15, 0.2) is 9.84 Å². The molecule has 0 spiro atoms. The first-order valence-corrected chi connectivity index (χ1v) is 8.59. The molecule has 1 saturated heterocycles. The fourth-order valence-corrected chi connectivity index (χ4v) is 4.15. The van der Waals surface area contributed by atoms with Crippen LogP contribution in [0.15, 0.2) is 24.3 Å². The summed E-state index contributed by atoms with van der Waals surface area (Å²) >= 11 is 0. The number of hydrogen-bond acceptors (Lipinski definition) is 5. The highest BCUT2D eigenvalue weighted by atomic mass is 32.2. The summed E-state index contributed by atoms with van der Waals surface area (Å²) in [7, 11) is -2.93. The van der Waals surface area contributed by atoms with Crippen LogP contribution in [0.5, 0.6) is 5.75 Å². The second-order valence-corrected chi connectivity index (χ2v) is 7.39. The van der Waals surface area contributed by atoms with Crippen molar-refractivity contribution in [2.24, 2.45) is 0 Å². The molecule has 116 valence electrons. The maximum Gasteiger partial charge on any atom is 0.339 e. The summed E-state index contributed by atoms with van der Waals surface area (Å²) in [6.45, 7) is 1.18. The minimum atomic E-state index is -2.93. The molecule has 0 saturated carbocycles. The predicted octanol–water partition coefficient (Wildman–Crippen LogP) is 0.930. The van der Waals surface area contributed by atoms with Gasteiger partial charge in [-0.3, -0.25) is 0 Å². The molecular weight excluding hydrogens is 294 g/mol. The Morgan fingerprint density at radius 1 is 1.38 bits per heavy atom. The van der Waals surface area contributed by atoms with E-state index < -0.39 is 15.8 Å². The van der Waals surface area contributed by atoms with E-state index in [2.05, 4.69) is 5.32 Å². The Morgan fingerprint density at radius 2 is 2.14 bits per heavy atom. The number of carbonyl (C=O) groups is 1. The maximum absolute atomic E-state index is 11.6. The number of carboxylic acids is 1. The summed E-state index contributed by atoms with van der Waals surface area (Å²) in [4.78, 5) is 11.0. The fraction of sp³-hybridized carbons (Fsp3) is 0.500. The summed E-state index contributed by atoms with van der Waals surface area (Å²) in [5.74, 6) is -0.433. The Morgan fingerprint density at radius 3 is 2.81 bits per heavy atom. The van der Waals surface area contributed by atoms with Crippen LogP contribution in [0.3, 0.4) is 0 Å². The van der Waals surface area contributed by atoms with Crippen molar-refractivity contribution >= 4 is 15.8 Å². The lowest BCUT2D eigenvalue weighted by Crippen LogP contribution is -2.33. The molecule has 0 aromatic heterocycles. The van der Waals surface area contributed by atoms with Crippen LogP contribution < -0.4 is 10.1 Å². The average Bonchev–Trinajstić information content (AvgIpc) is 2.78. The Kier molecular flexibility index (Phi) is 5.19. The third-order valence-corrected chi connectivity index (χ3v) is 5.76. The van der Waals surface area contributed by atoms with Crippen molar-refractivity contribution in [3.05, 3.63) is 29.8 Å². The normalized spacial score (nSPS) is 20.3. The molecule has 0 bridgehead atoms. The Labute approximate surface area is 124 Å². The molecule has 1 aliphatic heterocycles. The molecule has 0 aliphatic carbocycles. The highest BCUT2D eigenvalue weighted by Gasteiger charge is 2.30. The van der Waals surface area contributed by atoms with E-state index in [1.807, 2.05) is 0 Å². The molecule has 1 atom stereocenters. The summed E-state index contributed by atoms with van der Waals surface area (Å²) < 4.78 is 28.7. The van der Waals surface area contributed by atoms with E-state index in [0.717, 1.165) is 6.42 Å². The number of benzene rings is 1. The number of sulfone groups is 1. The predicted molar refractivity (Wildman–Crippen MR) is 78.6 cm³/mol. The van der Waals surface area contributed by atoms with Gasteiger partial charge in [-0.15, -0.1) is 0 Å². The van der Waals surface area contributed by atoms with E-state index >= 15 is 0 Å². The molecule has 1 heterocycles. The summed E-state index contributed by atoms with van der Waals surface area (Å²) in [5, 5.41) is 11.8. The molecule has 2 rings (SSSR count). The van der Waals surface area contributed by atoms with Gasteiger partial charge in [0.1, 0.15) is 17.9 Å². The highest BCUT2D eigenvalue weighted by Crippen LogP contribution is 2.19. The first kappa shape index (κ1) is 15.8. The standard InChI is InChI=1S/C14H19NO5S/c16-14(17)12-5-1-2-6-13(12)20-8-7-15-10-11-4-3-9-21(11,18)19/h1-2,5-6,11,15H,3-4,7-10H2,(H,16,17). The Balaban J connectivity index is 1.74. The summed E-state index contributed by atoms with van der Waals surface area (Å²) in [6, 6.07) is 6.43. The number of ether oxygens (including phenoxy) is 1. The van der Waals surface area contributed by atoms with Crippen LogP contribution in [0.4, 0.5) is 0 Å². The number of rotatable bonds is 7. The van der Waals surface area contributed by atoms with E-state index in [1.54, 1.807) is 18.2 Å². The highest BCUT2D eigenvalue weighted by molar-refractivity contribution is 7.92. The number of carboxylic acid groups (broad SMARTS) is 1. The molecule has 6 nitrogen and oxygen atoms in total. The van der Waals surface area contributed by atoms with Crippen molar-refractivity contribution in [2.75, 3.05) is 25.4 Å². The number of hydrogen-bond donors (Lipinski definition) is 2. The number of para-hydroxylation sites is 1. The van der Waals surface area contributed by atoms with Gasteiger partial charge < -0.3 is 15.2 Å². The van der Waals surface area contributed by atoms with Gasteiger partial charge in [0.05, 0.1) is 11.0 Å². The number of nitrogens with one attached hydrogen (secondary N) is 1. The molecule has 1 aromatic rings. The van der Waals surface area contributed by atoms with Crippen molar-refractivity contribution < 1.29 is 23.1 Å². The van der Waals surface area contributed by atoms with Crippen LogP contribution in [0, 0.1) is 0 Å². The van der Waals surface area contributed by atoms with Crippen LogP contribution in [-0.4, -0.2) is 50.2 Å². The molecule has 7 heteroatoms. The Bertz CT molecular complexity index is 599. The van der Waals surface area contributed by atoms with Gasteiger partial charge in [0.2, 0.25) is 0 Å². The topological polar surface area (TPSA) is 92.7 Å². The first-order chi connectivity index (χ1) is 10.0. The van der Waals surface area contributed by atoms with Crippen molar-refractivity contribution in [1.29, 1.82) is 0 Å². The smallest absolute Gasteiger partial charge is 0.339 e. The largest absolute Gasteiger partial charge is 0.491 e. The minimum absolute atomic E-state index is 0.121. The zero-order valence-corrected chi connectivity index (χ0v) is 12.4. The zero-order valence-electron chi connectivity index (χ0n) is 11.6. The average molecular weight is 313 g/mol. The minimum Gasteiger partial charge on any atom is -0.491 e. The summed E-state index contributed by atoms with van der Waals surface area (Å²) in [5.41, 5.74) is 0.121. The molecule has 21 heavy (non-hydrogen) atoms. The molecule has 2 N–H and O–H groups in total. The Hall–Kier alpha value is -1.60. The molecule has 0 radical (unpaired) electrons. The van der Waals surface area contributed by atoms with Gasteiger partial charge in [0.25, 0.3) is 0 Å². The van der Waals surface area contributed by atoms with Gasteiger partial charge in [-0.1, -0.05) is 12.1 Å². The van der Waals surface area contributed by atoms with Gasteiger partial charge in [-0.05, 0) is 25.0 Å². The SMILES string of the molecule is O=C(O)c1ccccc1OCCNCC1CCCS1(=O)=O. The van der Waals surface area contributed by atoms with E-state index in [9.17, 15) is 13.2 Å². The quantitative estimate of drug-likeness (QED) is 0.728. The van der Waals surface area contributed by atoms with Crippen LogP contribution in [-0.2, 0) is 9.84 Å². The molecular formula is C14H19NO5S. The zero-order chi connectivity index (χ0) is 15.3. The van der Waals surface area contributed by atoms with Crippen LogP contribution in [0.1, 0.15) is 23.2 Å². The van der Waals surface area contributed by atoms with Gasteiger partial charge in [0, 0.05) is 13.1 Å². The molecule has 0 amide bonds. The molecule has 1 fully saturated rings.